The number of hydrogen-bond donors (Lipinski definition) is 1. The van der Waals surface area contributed by atoms with Crippen molar-refractivity contribution in [2.45, 2.75) is 12.5 Å². The minimum absolute atomic E-state index is 0.0403. The van der Waals surface area contributed by atoms with Gasteiger partial charge >= 0.3 is 0 Å². The summed E-state index contributed by atoms with van der Waals surface area (Å²) in [5.41, 5.74) is 1.07. The second-order valence-electron chi connectivity index (χ2n) is 4.64. The van der Waals surface area contributed by atoms with E-state index in [1.165, 1.54) is 18.2 Å². The zero-order chi connectivity index (χ0) is 15.2. The maximum atomic E-state index is 13.7. The summed E-state index contributed by atoms with van der Waals surface area (Å²) in [6.07, 6.45) is 0.667. The van der Waals surface area contributed by atoms with Crippen LogP contribution < -0.4 is 5.32 Å². The molecule has 0 aliphatic carbocycles. The maximum Gasteiger partial charge on any atom is 0.254 e. The summed E-state index contributed by atoms with van der Waals surface area (Å²) in [6.45, 7) is 0. The van der Waals surface area contributed by atoms with Crippen LogP contribution in [-0.2, 0) is 6.42 Å². The smallest absolute Gasteiger partial charge is 0.254 e. The molecule has 0 aromatic heterocycles. The molecule has 0 saturated heterocycles. The van der Waals surface area contributed by atoms with Crippen LogP contribution in [0.4, 0.5) is 4.39 Å². The van der Waals surface area contributed by atoms with Crippen molar-refractivity contribution >= 4 is 33.4 Å². The van der Waals surface area contributed by atoms with E-state index in [0.717, 1.165) is 5.56 Å². The Morgan fingerprint density at radius 1 is 1.24 bits per heavy atom. The first-order valence-electron chi connectivity index (χ1n) is 6.46. The van der Waals surface area contributed by atoms with Crippen molar-refractivity contribution in [3.05, 3.63) is 70.5 Å². The first kappa shape index (κ1) is 16.0. The third-order valence-corrected chi connectivity index (χ3v) is 4.04. The molecule has 5 heteroatoms. The number of benzene rings is 2. The summed E-state index contributed by atoms with van der Waals surface area (Å²) in [4.78, 5) is 12.1. The molecule has 0 radical (unpaired) electrons. The van der Waals surface area contributed by atoms with Crippen LogP contribution in [0.25, 0.3) is 0 Å². The number of amides is 1. The Kier molecular flexibility index (Phi) is 5.76. The van der Waals surface area contributed by atoms with Gasteiger partial charge in [-0.15, -0.1) is 0 Å². The molecule has 21 heavy (non-hydrogen) atoms. The molecule has 1 amide bonds. The van der Waals surface area contributed by atoms with E-state index in [0.29, 0.717) is 16.8 Å². The normalized spacial score (nSPS) is 12.0. The summed E-state index contributed by atoms with van der Waals surface area (Å²) in [6, 6.07) is 13.6. The van der Waals surface area contributed by atoms with E-state index in [9.17, 15) is 9.18 Å². The van der Waals surface area contributed by atoms with Crippen LogP contribution in [0.1, 0.15) is 15.9 Å². The van der Waals surface area contributed by atoms with Gasteiger partial charge in [-0.3, -0.25) is 4.79 Å². The molecule has 1 N–H and O–H groups in total. The second-order valence-corrected chi connectivity index (χ2v) is 5.72. The second kappa shape index (κ2) is 7.57. The first-order chi connectivity index (χ1) is 10.1. The highest BCUT2D eigenvalue weighted by molar-refractivity contribution is 9.09. The average Bonchev–Trinajstić information content (AvgIpc) is 2.50. The van der Waals surface area contributed by atoms with Gasteiger partial charge in [-0.1, -0.05) is 57.9 Å². The first-order valence-corrected chi connectivity index (χ1v) is 7.96. The summed E-state index contributed by atoms with van der Waals surface area (Å²) in [5, 5.41) is 3.73. The lowest BCUT2D eigenvalue weighted by atomic mass is 10.1. The Balaban J connectivity index is 2.07. The van der Waals surface area contributed by atoms with Crippen molar-refractivity contribution in [1.82, 2.24) is 5.32 Å². The van der Waals surface area contributed by atoms with E-state index >= 15 is 0 Å². The van der Waals surface area contributed by atoms with Crippen LogP contribution in [0.5, 0.6) is 0 Å². The number of carbonyl (C=O) groups excluding carboxylic acids is 1. The molecule has 2 rings (SSSR count). The number of hydrogen-bond acceptors (Lipinski definition) is 1. The van der Waals surface area contributed by atoms with Crippen LogP contribution in [0, 0.1) is 5.82 Å². The molecule has 0 heterocycles. The fraction of sp³-hybridized carbons (Fsp3) is 0.188. The van der Waals surface area contributed by atoms with Crippen LogP contribution in [0.3, 0.4) is 0 Å². The van der Waals surface area contributed by atoms with E-state index in [-0.39, 0.29) is 11.6 Å². The van der Waals surface area contributed by atoms with Crippen molar-refractivity contribution in [1.29, 1.82) is 0 Å². The lowest BCUT2D eigenvalue weighted by Gasteiger charge is -2.16. The predicted octanol–water partition coefficient (Wildman–Crippen LogP) is 4.22. The predicted molar refractivity (Wildman–Crippen MR) is 86.6 cm³/mol. The molecule has 0 saturated carbocycles. The summed E-state index contributed by atoms with van der Waals surface area (Å²) in [5.74, 6) is -1.04. The molecule has 2 aromatic rings. The van der Waals surface area contributed by atoms with Crippen LogP contribution in [0.15, 0.2) is 48.5 Å². The van der Waals surface area contributed by atoms with Gasteiger partial charge in [0.1, 0.15) is 5.82 Å². The highest BCUT2D eigenvalue weighted by atomic mass is 79.9. The molecule has 0 bridgehead atoms. The standard InChI is InChI=1S/C16H14BrClFNO/c17-10-13(8-11-4-2-1-3-5-11)20-16(21)14-9-12(18)6-7-15(14)19/h1-7,9,13H,8,10H2,(H,20,21). The highest BCUT2D eigenvalue weighted by Crippen LogP contribution is 2.15. The van der Waals surface area contributed by atoms with Gasteiger partial charge in [0.15, 0.2) is 0 Å². The molecule has 0 fully saturated rings. The van der Waals surface area contributed by atoms with Crippen LogP contribution in [-0.4, -0.2) is 17.3 Å². The highest BCUT2D eigenvalue weighted by Gasteiger charge is 2.16. The Morgan fingerprint density at radius 2 is 1.95 bits per heavy atom. The van der Waals surface area contributed by atoms with Gasteiger partial charge < -0.3 is 5.32 Å². The van der Waals surface area contributed by atoms with E-state index < -0.39 is 11.7 Å². The van der Waals surface area contributed by atoms with Crippen molar-refractivity contribution in [2.24, 2.45) is 0 Å². The maximum absolute atomic E-state index is 13.7. The van der Waals surface area contributed by atoms with Gasteiger partial charge in [0.05, 0.1) is 5.56 Å². The third-order valence-electron chi connectivity index (χ3n) is 3.02. The molecular formula is C16H14BrClFNO. The zero-order valence-electron chi connectivity index (χ0n) is 11.2. The van der Waals surface area contributed by atoms with Crippen molar-refractivity contribution in [3.63, 3.8) is 0 Å². The lowest BCUT2D eigenvalue weighted by Crippen LogP contribution is -2.38. The minimum atomic E-state index is -0.579. The molecule has 0 spiro atoms. The number of nitrogens with one attached hydrogen (secondary N) is 1. The molecule has 0 aliphatic rings. The molecule has 110 valence electrons. The topological polar surface area (TPSA) is 29.1 Å². The minimum Gasteiger partial charge on any atom is -0.348 e. The van der Waals surface area contributed by atoms with Gasteiger partial charge in [-0.25, -0.2) is 4.39 Å². The summed E-state index contributed by atoms with van der Waals surface area (Å²) < 4.78 is 13.7. The number of rotatable bonds is 5. The quantitative estimate of drug-likeness (QED) is 0.785. The Morgan fingerprint density at radius 3 is 2.62 bits per heavy atom. The molecule has 0 aliphatic heterocycles. The van der Waals surface area contributed by atoms with Crippen molar-refractivity contribution < 1.29 is 9.18 Å². The monoisotopic (exact) mass is 369 g/mol. The van der Waals surface area contributed by atoms with Gasteiger partial charge in [0, 0.05) is 16.4 Å². The van der Waals surface area contributed by atoms with Crippen molar-refractivity contribution in [2.75, 3.05) is 5.33 Å². The van der Waals surface area contributed by atoms with Gasteiger partial charge in [0.25, 0.3) is 5.91 Å². The van der Waals surface area contributed by atoms with Crippen molar-refractivity contribution in [3.8, 4) is 0 Å². The van der Waals surface area contributed by atoms with E-state index in [2.05, 4.69) is 21.2 Å². The molecule has 1 unspecified atom stereocenters. The Bertz CT molecular complexity index is 621. The van der Waals surface area contributed by atoms with Crippen LogP contribution >= 0.6 is 27.5 Å². The number of halogens is 3. The average molecular weight is 371 g/mol. The van der Waals surface area contributed by atoms with Gasteiger partial charge in [-0.05, 0) is 30.2 Å². The molecule has 2 aromatic carbocycles. The van der Waals surface area contributed by atoms with Gasteiger partial charge in [0.2, 0.25) is 0 Å². The zero-order valence-corrected chi connectivity index (χ0v) is 13.5. The summed E-state index contributed by atoms with van der Waals surface area (Å²) in [7, 11) is 0. The Labute approximate surface area is 136 Å². The van der Waals surface area contributed by atoms with E-state index in [4.69, 9.17) is 11.6 Å². The molecule has 2 nitrogen and oxygen atoms in total. The van der Waals surface area contributed by atoms with E-state index in [1.54, 1.807) is 0 Å². The number of carbonyl (C=O) groups is 1. The molecular weight excluding hydrogens is 357 g/mol. The largest absolute Gasteiger partial charge is 0.348 e. The fourth-order valence-electron chi connectivity index (χ4n) is 1.98. The SMILES string of the molecule is O=C(NC(CBr)Cc1ccccc1)c1cc(Cl)ccc1F. The molecule has 1 atom stereocenters. The summed E-state index contributed by atoms with van der Waals surface area (Å²) >= 11 is 9.18. The third kappa shape index (κ3) is 4.55. The fourth-order valence-corrected chi connectivity index (χ4v) is 2.54. The van der Waals surface area contributed by atoms with E-state index in [1.807, 2.05) is 30.3 Å². The Hall–Kier alpha value is -1.39. The van der Waals surface area contributed by atoms with Gasteiger partial charge in [-0.2, -0.15) is 0 Å². The lowest BCUT2D eigenvalue weighted by molar-refractivity contribution is 0.0937. The van der Waals surface area contributed by atoms with Crippen LogP contribution in [0.2, 0.25) is 5.02 Å². The number of alkyl halides is 1.